The number of aromatic nitrogens is 1. The van der Waals surface area contributed by atoms with Gasteiger partial charge in [-0.25, -0.2) is 4.99 Å². The summed E-state index contributed by atoms with van der Waals surface area (Å²) < 4.78 is 42.3. The Hall–Kier alpha value is -3.80. The zero-order valence-corrected chi connectivity index (χ0v) is 16.3. The van der Waals surface area contributed by atoms with Crippen LogP contribution in [-0.2, 0) is 0 Å². The zero-order valence-electron chi connectivity index (χ0n) is 16.3. The fourth-order valence-electron chi connectivity index (χ4n) is 3.90. The molecule has 2 N–H and O–H groups in total. The molecule has 0 saturated heterocycles. The topological polar surface area (TPSA) is 39.0 Å². The van der Waals surface area contributed by atoms with Gasteiger partial charge in [0.15, 0.2) is 12.8 Å². The molecule has 0 aliphatic carbocycles. The molecule has 3 aromatic carbocycles. The number of aromatic amines is 1. The fraction of sp³-hybridized carbons (Fsp3) is 0.0800. The lowest BCUT2D eigenvalue weighted by atomic mass is 9.90. The summed E-state index contributed by atoms with van der Waals surface area (Å²) in [6.07, 6.45) is -0.435. The van der Waals surface area contributed by atoms with E-state index in [0.29, 0.717) is 0 Å². The number of rotatable bonds is 4. The monoisotopic (exact) mass is 419 g/mol. The van der Waals surface area contributed by atoms with Crippen LogP contribution in [0.4, 0.5) is 18.9 Å². The minimum absolute atomic E-state index is 0.179. The van der Waals surface area contributed by atoms with Gasteiger partial charge in [0.25, 0.3) is 0 Å². The summed E-state index contributed by atoms with van der Waals surface area (Å²) in [5.74, 6) is 0.179. The lowest BCUT2D eigenvalue weighted by Crippen LogP contribution is -2.58. The van der Waals surface area contributed by atoms with Crippen molar-refractivity contribution >= 4 is 34.0 Å². The second-order valence-corrected chi connectivity index (χ2v) is 7.30. The summed E-state index contributed by atoms with van der Waals surface area (Å²) in [5.41, 5.74) is 7.00. The van der Waals surface area contributed by atoms with Gasteiger partial charge in [-0.3, -0.25) is 0 Å². The summed E-state index contributed by atoms with van der Waals surface area (Å²) in [6, 6.07) is 22.8. The summed E-state index contributed by atoms with van der Waals surface area (Å²) in [6.45, 7) is -1.31. The molecule has 31 heavy (non-hydrogen) atoms. The van der Waals surface area contributed by atoms with Crippen LogP contribution in [0.2, 0.25) is 0 Å². The maximum atomic E-state index is 12.5. The highest BCUT2D eigenvalue weighted by Crippen LogP contribution is 2.38. The second kappa shape index (κ2) is 7.47. The molecule has 1 aliphatic rings. The van der Waals surface area contributed by atoms with Crippen LogP contribution in [0.5, 0.6) is 5.75 Å². The molecule has 0 atom stereocenters. The van der Waals surface area contributed by atoms with Crippen molar-refractivity contribution in [1.82, 2.24) is 4.98 Å². The van der Waals surface area contributed by atoms with E-state index in [2.05, 4.69) is 22.1 Å². The van der Waals surface area contributed by atoms with Gasteiger partial charge in [-0.15, -0.1) is 0 Å². The highest BCUT2D eigenvalue weighted by molar-refractivity contribution is 6.24. The van der Waals surface area contributed by atoms with E-state index in [0.717, 1.165) is 44.4 Å². The minimum Gasteiger partial charge on any atom is -0.484 e. The van der Waals surface area contributed by atoms with Crippen molar-refractivity contribution < 1.29 is 22.9 Å². The third-order valence-electron chi connectivity index (χ3n) is 5.26. The summed E-state index contributed by atoms with van der Waals surface area (Å²) in [5, 5.41) is 1.07. The van der Waals surface area contributed by atoms with Gasteiger partial charge < -0.3 is 9.72 Å². The van der Waals surface area contributed by atoms with E-state index in [-0.39, 0.29) is 5.75 Å². The first-order chi connectivity index (χ1) is 15.0. The summed E-state index contributed by atoms with van der Waals surface area (Å²) in [4.78, 5) is 6.63. The van der Waals surface area contributed by atoms with Crippen molar-refractivity contribution in [3.05, 3.63) is 95.7 Å². The highest BCUT2D eigenvalue weighted by atomic mass is 19.4. The van der Waals surface area contributed by atoms with E-state index in [1.165, 1.54) is 0 Å². The Labute approximate surface area is 176 Å². The van der Waals surface area contributed by atoms with Gasteiger partial charge in [0.05, 0.1) is 11.1 Å². The van der Waals surface area contributed by atoms with Gasteiger partial charge in [-0.1, -0.05) is 42.5 Å². The van der Waals surface area contributed by atoms with Gasteiger partial charge >= 0.3 is 6.18 Å². The number of halogens is 3. The Morgan fingerprint density at radius 2 is 1.65 bits per heavy atom. The van der Waals surface area contributed by atoms with Gasteiger partial charge in [-0.2, -0.15) is 13.2 Å². The molecular weight excluding hydrogens is 401 g/mol. The van der Waals surface area contributed by atoms with E-state index in [1.54, 1.807) is 24.3 Å². The Morgan fingerprint density at radius 1 is 0.903 bits per heavy atom. The standard InChI is InChI=1S/C25H17F3N2O/c26-25(27,28)15-31-17-11-9-16(10-12-17)24(20-13-29-22-7-3-1-5-18(20)22)21-14-30-23-8-4-2-6-19(21)23/h1-14,29H,15H2/p+1. The Balaban J connectivity index is 1.65. The SMILES string of the molecule is FC(F)(F)COc1ccc(C(=C2C=[NH+]c3ccccc32)c2c[nH]c3ccccc23)cc1. The lowest BCUT2D eigenvalue weighted by molar-refractivity contribution is -0.342. The van der Waals surface area contributed by atoms with Gasteiger partial charge in [0.1, 0.15) is 5.75 Å². The largest absolute Gasteiger partial charge is 0.484 e. The molecule has 6 heteroatoms. The molecule has 0 bridgehead atoms. The van der Waals surface area contributed by atoms with Crippen LogP contribution in [0.25, 0.3) is 22.0 Å². The molecule has 1 aliphatic heterocycles. The third-order valence-corrected chi connectivity index (χ3v) is 5.26. The van der Waals surface area contributed by atoms with E-state index >= 15 is 0 Å². The summed E-state index contributed by atoms with van der Waals surface area (Å²) >= 11 is 0. The number of benzene rings is 3. The normalized spacial score (nSPS) is 14.7. The maximum Gasteiger partial charge on any atom is 0.422 e. The number of hydrogen-bond donors (Lipinski definition) is 2. The van der Waals surface area contributed by atoms with E-state index in [1.807, 2.05) is 48.8 Å². The molecule has 154 valence electrons. The number of allylic oxidation sites excluding steroid dienone is 1. The molecule has 5 rings (SSSR count). The predicted molar refractivity (Wildman–Crippen MR) is 115 cm³/mol. The van der Waals surface area contributed by atoms with Crippen molar-refractivity contribution in [2.24, 2.45) is 0 Å². The molecule has 3 nitrogen and oxygen atoms in total. The van der Waals surface area contributed by atoms with Crippen LogP contribution < -0.4 is 9.73 Å². The number of H-pyrrole nitrogens is 1. The van der Waals surface area contributed by atoms with E-state index in [4.69, 9.17) is 4.74 Å². The van der Waals surface area contributed by atoms with Crippen LogP contribution >= 0.6 is 0 Å². The molecule has 1 aromatic heterocycles. The fourth-order valence-corrected chi connectivity index (χ4v) is 3.90. The number of nitrogens with one attached hydrogen (secondary N) is 2. The quantitative estimate of drug-likeness (QED) is 0.487. The molecule has 4 aromatic rings. The Bertz CT molecular complexity index is 1310. The predicted octanol–water partition coefficient (Wildman–Crippen LogP) is 4.86. The van der Waals surface area contributed by atoms with Crippen LogP contribution in [-0.4, -0.2) is 24.0 Å². The van der Waals surface area contributed by atoms with Gasteiger partial charge in [0.2, 0.25) is 5.69 Å². The first-order valence-corrected chi connectivity index (χ1v) is 9.79. The number of ether oxygens (including phenoxy) is 1. The summed E-state index contributed by atoms with van der Waals surface area (Å²) in [7, 11) is 0. The lowest BCUT2D eigenvalue weighted by Gasteiger charge is -2.12. The number of fused-ring (bicyclic) bond motifs is 2. The smallest absolute Gasteiger partial charge is 0.422 e. The Kier molecular flexibility index (Phi) is 4.62. The van der Waals surface area contributed by atoms with Crippen molar-refractivity contribution in [2.75, 3.05) is 6.61 Å². The molecule has 0 spiro atoms. The number of alkyl halides is 3. The van der Waals surface area contributed by atoms with Gasteiger partial charge in [0, 0.05) is 34.3 Å². The average Bonchev–Trinajstić information content (AvgIpc) is 3.38. The second-order valence-electron chi connectivity index (χ2n) is 7.30. The Morgan fingerprint density at radius 3 is 2.45 bits per heavy atom. The van der Waals surface area contributed by atoms with Crippen LogP contribution in [0.3, 0.4) is 0 Å². The molecule has 0 unspecified atom stereocenters. The van der Waals surface area contributed by atoms with Crippen LogP contribution in [0, 0.1) is 0 Å². The van der Waals surface area contributed by atoms with Crippen LogP contribution in [0.15, 0.2) is 79.0 Å². The van der Waals surface area contributed by atoms with Crippen molar-refractivity contribution in [3.63, 3.8) is 0 Å². The molecule has 0 fully saturated rings. The molecule has 2 heterocycles. The third kappa shape index (κ3) is 3.72. The maximum absolute atomic E-state index is 12.5. The number of hydrogen-bond acceptors (Lipinski definition) is 1. The van der Waals surface area contributed by atoms with Gasteiger partial charge in [-0.05, 0) is 29.8 Å². The van der Waals surface area contributed by atoms with Crippen molar-refractivity contribution in [2.45, 2.75) is 6.18 Å². The molecule has 0 amide bonds. The van der Waals surface area contributed by atoms with Crippen molar-refractivity contribution in [3.8, 4) is 5.75 Å². The molecular formula is C25H18F3N2O+. The highest BCUT2D eigenvalue weighted by Gasteiger charge is 2.28. The van der Waals surface area contributed by atoms with E-state index in [9.17, 15) is 13.2 Å². The number of para-hydroxylation sites is 2. The zero-order chi connectivity index (χ0) is 21.4. The molecule has 0 radical (unpaired) electrons. The van der Waals surface area contributed by atoms with Crippen LogP contribution in [0.1, 0.15) is 16.7 Å². The van der Waals surface area contributed by atoms with E-state index < -0.39 is 12.8 Å². The average molecular weight is 419 g/mol. The molecule has 0 saturated carbocycles. The minimum atomic E-state index is -4.37. The van der Waals surface area contributed by atoms with Crippen molar-refractivity contribution in [1.29, 1.82) is 0 Å². The first kappa shape index (κ1) is 19.2. The first-order valence-electron chi connectivity index (χ1n) is 9.79.